The molecule has 2 unspecified atom stereocenters. The SMILES string of the molecule is CCC1CCCCC1OC/C=C/C(=O)O. The third kappa shape index (κ3) is 4.47. The minimum atomic E-state index is -0.908. The molecule has 1 saturated carbocycles. The second-order valence-corrected chi connectivity index (χ2v) is 4.07. The third-order valence-electron chi connectivity index (χ3n) is 3.03. The zero-order valence-corrected chi connectivity index (χ0v) is 9.32. The first-order chi connectivity index (χ1) is 7.24. The van der Waals surface area contributed by atoms with E-state index in [-0.39, 0.29) is 0 Å². The number of aliphatic carboxylic acids is 1. The molecule has 3 nitrogen and oxygen atoms in total. The molecule has 0 aromatic heterocycles. The number of carboxylic acids is 1. The molecule has 1 aliphatic rings. The number of carbonyl (C=O) groups is 1. The molecule has 3 heteroatoms. The van der Waals surface area contributed by atoms with Crippen molar-refractivity contribution in [1.29, 1.82) is 0 Å². The van der Waals surface area contributed by atoms with Gasteiger partial charge in [-0.3, -0.25) is 0 Å². The molecule has 0 aliphatic heterocycles. The van der Waals surface area contributed by atoms with E-state index in [1.807, 2.05) is 0 Å². The number of hydrogen-bond acceptors (Lipinski definition) is 2. The fourth-order valence-electron chi connectivity index (χ4n) is 2.19. The van der Waals surface area contributed by atoms with Gasteiger partial charge in [0.1, 0.15) is 0 Å². The molecule has 0 radical (unpaired) electrons. The van der Waals surface area contributed by atoms with Gasteiger partial charge >= 0.3 is 5.97 Å². The van der Waals surface area contributed by atoms with Crippen LogP contribution in [0.2, 0.25) is 0 Å². The first-order valence-corrected chi connectivity index (χ1v) is 5.75. The Balaban J connectivity index is 2.26. The second-order valence-electron chi connectivity index (χ2n) is 4.07. The van der Waals surface area contributed by atoms with E-state index in [2.05, 4.69) is 6.92 Å². The Morgan fingerprint density at radius 3 is 2.87 bits per heavy atom. The first kappa shape index (κ1) is 12.2. The molecule has 0 amide bonds. The van der Waals surface area contributed by atoms with Crippen molar-refractivity contribution >= 4 is 5.97 Å². The molecule has 0 aromatic rings. The van der Waals surface area contributed by atoms with Crippen molar-refractivity contribution in [3.8, 4) is 0 Å². The normalized spacial score (nSPS) is 27.0. The Kier molecular flexibility index (Phi) is 5.40. The number of rotatable bonds is 5. The summed E-state index contributed by atoms with van der Waals surface area (Å²) in [6.45, 7) is 2.62. The molecule has 0 saturated heterocycles. The highest BCUT2D eigenvalue weighted by Crippen LogP contribution is 2.28. The fraction of sp³-hybridized carbons (Fsp3) is 0.750. The highest BCUT2D eigenvalue weighted by molar-refractivity contribution is 5.79. The Bertz CT molecular complexity index is 223. The van der Waals surface area contributed by atoms with E-state index in [0.717, 1.165) is 18.9 Å². The van der Waals surface area contributed by atoms with Crippen LogP contribution < -0.4 is 0 Å². The van der Waals surface area contributed by atoms with Crippen molar-refractivity contribution in [3.63, 3.8) is 0 Å². The molecule has 86 valence electrons. The summed E-state index contributed by atoms with van der Waals surface area (Å²) in [5.41, 5.74) is 0. The fourth-order valence-corrected chi connectivity index (χ4v) is 2.19. The third-order valence-corrected chi connectivity index (χ3v) is 3.03. The molecule has 1 aliphatic carbocycles. The van der Waals surface area contributed by atoms with Crippen LogP contribution in [0.25, 0.3) is 0 Å². The zero-order chi connectivity index (χ0) is 11.1. The predicted molar refractivity (Wildman–Crippen MR) is 58.8 cm³/mol. The van der Waals surface area contributed by atoms with Crippen molar-refractivity contribution in [1.82, 2.24) is 0 Å². The summed E-state index contributed by atoms with van der Waals surface area (Å²) in [5, 5.41) is 8.41. The minimum absolute atomic E-state index is 0.335. The smallest absolute Gasteiger partial charge is 0.328 e. The summed E-state index contributed by atoms with van der Waals surface area (Å²) < 4.78 is 5.69. The second kappa shape index (κ2) is 6.62. The molecule has 0 spiro atoms. The Morgan fingerprint density at radius 1 is 1.47 bits per heavy atom. The molecule has 1 N–H and O–H groups in total. The highest BCUT2D eigenvalue weighted by atomic mass is 16.5. The quantitative estimate of drug-likeness (QED) is 0.712. The Morgan fingerprint density at radius 2 is 2.20 bits per heavy atom. The van der Waals surface area contributed by atoms with Crippen LogP contribution in [-0.2, 0) is 9.53 Å². The van der Waals surface area contributed by atoms with Gasteiger partial charge in [-0.25, -0.2) is 4.79 Å². The number of hydrogen-bond donors (Lipinski definition) is 1. The van der Waals surface area contributed by atoms with Gasteiger partial charge in [-0.2, -0.15) is 0 Å². The molecule has 2 atom stereocenters. The lowest BCUT2D eigenvalue weighted by molar-refractivity contribution is -0.131. The summed E-state index contributed by atoms with van der Waals surface area (Å²) in [5.74, 6) is -0.244. The van der Waals surface area contributed by atoms with Gasteiger partial charge in [-0.15, -0.1) is 0 Å². The van der Waals surface area contributed by atoms with Gasteiger partial charge in [0.25, 0.3) is 0 Å². The van der Waals surface area contributed by atoms with Crippen LogP contribution in [0.3, 0.4) is 0 Å². The molecular weight excluding hydrogens is 192 g/mol. The lowest BCUT2D eigenvalue weighted by Crippen LogP contribution is -2.27. The average Bonchev–Trinajstić information content (AvgIpc) is 2.24. The molecule has 0 aromatic carbocycles. The monoisotopic (exact) mass is 212 g/mol. The standard InChI is InChI=1S/C12H20O3/c1-2-10-6-3-4-7-11(10)15-9-5-8-12(13)14/h5,8,10-11H,2-4,6-7,9H2,1H3,(H,13,14)/b8-5+. The van der Waals surface area contributed by atoms with Crippen LogP contribution in [0, 0.1) is 5.92 Å². The average molecular weight is 212 g/mol. The van der Waals surface area contributed by atoms with Gasteiger partial charge in [-0.1, -0.05) is 32.3 Å². The maximum atomic E-state index is 10.2. The van der Waals surface area contributed by atoms with E-state index in [1.165, 1.54) is 19.3 Å². The molecule has 0 bridgehead atoms. The number of carboxylic acid groups (broad SMARTS) is 1. The summed E-state index contributed by atoms with van der Waals surface area (Å²) in [6.07, 6.45) is 9.14. The van der Waals surface area contributed by atoms with Gasteiger partial charge in [0.2, 0.25) is 0 Å². The predicted octanol–water partition coefficient (Wildman–Crippen LogP) is 2.61. The van der Waals surface area contributed by atoms with Crippen LogP contribution in [-0.4, -0.2) is 23.8 Å². The van der Waals surface area contributed by atoms with E-state index in [9.17, 15) is 4.79 Å². The first-order valence-electron chi connectivity index (χ1n) is 5.75. The van der Waals surface area contributed by atoms with Crippen LogP contribution >= 0.6 is 0 Å². The van der Waals surface area contributed by atoms with Crippen molar-refractivity contribution in [3.05, 3.63) is 12.2 Å². The van der Waals surface area contributed by atoms with Crippen LogP contribution in [0.1, 0.15) is 39.0 Å². The molecule has 15 heavy (non-hydrogen) atoms. The highest BCUT2D eigenvalue weighted by Gasteiger charge is 2.23. The van der Waals surface area contributed by atoms with Gasteiger partial charge in [-0.05, 0) is 18.8 Å². The van der Waals surface area contributed by atoms with E-state index in [0.29, 0.717) is 18.6 Å². The van der Waals surface area contributed by atoms with Crippen molar-refractivity contribution in [2.24, 2.45) is 5.92 Å². The van der Waals surface area contributed by atoms with Gasteiger partial charge in [0.15, 0.2) is 0 Å². The lowest BCUT2D eigenvalue weighted by atomic mass is 9.85. The van der Waals surface area contributed by atoms with Crippen molar-refractivity contribution < 1.29 is 14.6 Å². The van der Waals surface area contributed by atoms with E-state index >= 15 is 0 Å². The van der Waals surface area contributed by atoms with Crippen LogP contribution in [0.15, 0.2) is 12.2 Å². The Hall–Kier alpha value is -0.830. The number of ether oxygens (including phenoxy) is 1. The summed E-state index contributed by atoms with van der Waals surface area (Å²) in [7, 11) is 0. The molecule has 1 rings (SSSR count). The summed E-state index contributed by atoms with van der Waals surface area (Å²) in [4.78, 5) is 10.2. The van der Waals surface area contributed by atoms with E-state index < -0.39 is 5.97 Å². The van der Waals surface area contributed by atoms with Crippen LogP contribution in [0.5, 0.6) is 0 Å². The van der Waals surface area contributed by atoms with Gasteiger partial charge in [0.05, 0.1) is 12.7 Å². The van der Waals surface area contributed by atoms with E-state index in [1.54, 1.807) is 6.08 Å². The van der Waals surface area contributed by atoms with Crippen molar-refractivity contribution in [2.75, 3.05) is 6.61 Å². The summed E-state index contributed by atoms with van der Waals surface area (Å²) in [6, 6.07) is 0. The van der Waals surface area contributed by atoms with E-state index in [4.69, 9.17) is 9.84 Å². The maximum Gasteiger partial charge on any atom is 0.328 e. The molecule has 0 heterocycles. The Labute approximate surface area is 91.1 Å². The summed E-state index contributed by atoms with van der Waals surface area (Å²) >= 11 is 0. The molecular formula is C12H20O3. The minimum Gasteiger partial charge on any atom is -0.478 e. The largest absolute Gasteiger partial charge is 0.478 e. The maximum absolute atomic E-state index is 10.2. The molecule has 1 fully saturated rings. The van der Waals surface area contributed by atoms with Gasteiger partial charge < -0.3 is 9.84 Å². The van der Waals surface area contributed by atoms with Crippen molar-refractivity contribution in [2.45, 2.75) is 45.1 Å². The topological polar surface area (TPSA) is 46.5 Å². The lowest BCUT2D eigenvalue weighted by Gasteiger charge is -2.30. The van der Waals surface area contributed by atoms with Gasteiger partial charge in [0, 0.05) is 6.08 Å². The zero-order valence-electron chi connectivity index (χ0n) is 9.32. The van der Waals surface area contributed by atoms with Crippen LogP contribution in [0.4, 0.5) is 0 Å².